The molecule has 1 aliphatic carbocycles. The van der Waals surface area contributed by atoms with Gasteiger partial charge in [-0.2, -0.15) is 0 Å². The molecule has 1 aliphatic rings. The van der Waals surface area contributed by atoms with E-state index in [1.165, 1.54) is 26.0 Å². The van der Waals surface area contributed by atoms with E-state index in [0.29, 0.717) is 0 Å². The summed E-state index contributed by atoms with van der Waals surface area (Å²) in [4.78, 5) is 0. The van der Waals surface area contributed by atoms with Gasteiger partial charge in [0, 0.05) is 0 Å². The molecule has 18 heavy (non-hydrogen) atoms. The van der Waals surface area contributed by atoms with E-state index in [4.69, 9.17) is 4.74 Å². The highest BCUT2D eigenvalue weighted by Crippen LogP contribution is 2.37. The smallest absolute Gasteiger partial charge is 0.165 e. The fourth-order valence-corrected chi connectivity index (χ4v) is 2.73. The van der Waals surface area contributed by atoms with E-state index in [1.54, 1.807) is 12.1 Å². The number of hydrogen-bond acceptors (Lipinski definition) is 2. The van der Waals surface area contributed by atoms with Crippen molar-refractivity contribution < 1.29 is 14.2 Å². The summed E-state index contributed by atoms with van der Waals surface area (Å²) in [5, 5.41) is 10.4. The zero-order chi connectivity index (χ0) is 13.1. The Bertz CT molecular complexity index is 397. The Labute approximate surface area is 108 Å². The van der Waals surface area contributed by atoms with Crippen LogP contribution in [-0.2, 0) is 0 Å². The first-order chi connectivity index (χ1) is 8.61. The van der Waals surface area contributed by atoms with E-state index < -0.39 is 6.10 Å². The first kappa shape index (κ1) is 13.3. The van der Waals surface area contributed by atoms with Crippen LogP contribution in [0.25, 0.3) is 0 Å². The maximum atomic E-state index is 13.3. The summed E-state index contributed by atoms with van der Waals surface area (Å²) in [6.07, 6.45) is 3.91. The van der Waals surface area contributed by atoms with Crippen LogP contribution in [0.2, 0.25) is 0 Å². The Morgan fingerprint density at radius 3 is 2.56 bits per heavy atom. The van der Waals surface area contributed by atoms with Gasteiger partial charge in [0.1, 0.15) is 0 Å². The molecular formula is C15H21FO2. The molecule has 3 heteroatoms. The fourth-order valence-electron chi connectivity index (χ4n) is 2.73. The number of benzene rings is 1. The second-order valence-electron chi connectivity index (χ2n) is 5.36. The van der Waals surface area contributed by atoms with Crippen LogP contribution in [0.15, 0.2) is 18.2 Å². The average molecular weight is 252 g/mol. The molecule has 0 bridgehead atoms. The predicted octanol–water partition coefficient (Wildman–Crippen LogP) is 3.69. The minimum Gasteiger partial charge on any atom is -0.494 e. The number of hydrogen-bond donors (Lipinski definition) is 1. The highest BCUT2D eigenvalue weighted by Gasteiger charge is 2.26. The SMILES string of the molecule is COc1cc(C(O)C2CCC(C)CC2)ccc1F. The van der Waals surface area contributed by atoms with Crippen LogP contribution in [0.3, 0.4) is 0 Å². The van der Waals surface area contributed by atoms with Crippen molar-refractivity contribution in [2.75, 3.05) is 7.11 Å². The van der Waals surface area contributed by atoms with E-state index in [2.05, 4.69) is 6.92 Å². The highest BCUT2D eigenvalue weighted by molar-refractivity contribution is 5.31. The van der Waals surface area contributed by atoms with Gasteiger partial charge in [-0.1, -0.05) is 25.8 Å². The molecule has 1 aromatic rings. The summed E-state index contributed by atoms with van der Waals surface area (Å²) in [7, 11) is 1.44. The van der Waals surface area contributed by atoms with Crippen molar-refractivity contribution in [3.05, 3.63) is 29.6 Å². The van der Waals surface area contributed by atoms with Crippen molar-refractivity contribution in [3.8, 4) is 5.75 Å². The van der Waals surface area contributed by atoms with Crippen molar-refractivity contribution in [3.63, 3.8) is 0 Å². The maximum Gasteiger partial charge on any atom is 0.165 e. The molecule has 0 saturated heterocycles. The first-order valence-electron chi connectivity index (χ1n) is 6.63. The number of ether oxygens (including phenoxy) is 1. The third-order valence-electron chi connectivity index (χ3n) is 4.02. The Morgan fingerprint density at radius 2 is 1.94 bits per heavy atom. The minimum absolute atomic E-state index is 0.204. The van der Waals surface area contributed by atoms with Crippen LogP contribution >= 0.6 is 0 Å². The molecule has 1 atom stereocenters. The highest BCUT2D eigenvalue weighted by atomic mass is 19.1. The van der Waals surface area contributed by atoms with Crippen molar-refractivity contribution in [2.45, 2.75) is 38.7 Å². The molecule has 0 amide bonds. The van der Waals surface area contributed by atoms with Crippen LogP contribution < -0.4 is 4.74 Å². The lowest BCUT2D eigenvalue weighted by Crippen LogP contribution is -2.19. The lowest BCUT2D eigenvalue weighted by Gasteiger charge is -2.30. The van der Waals surface area contributed by atoms with Gasteiger partial charge in [-0.3, -0.25) is 0 Å². The summed E-state index contributed by atoms with van der Waals surface area (Å²) in [5.41, 5.74) is 0.757. The van der Waals surface area contributed by atoms with Crippen LogP contribution in [0.5, 0.6) is 5.75 Å². The summed E-state index contributed by atoms with van der Waals surface area (Å²) in [5.74, 6) is 0.869. The molecule has 1 aromatic carbocycles. The van der Waals surface area contributed by atoms with Gasteiger partial charge in [0.15, 0.2) is 11.6 Å². The average Bonchev–Trinajstić information content (AvgIpc) is 2.39. The third kappa shape index (κ3) is 2.83. The topological polar surface area (TPSA) is 29.5 Å². The Balaban J connectivity index is 2.10. The molecule has 0 heterocycles. The van der Waals surface area contributed by atoms with Crippen LogP contribution in [0.1, 0.15) is 44.3 Å². The molecule has 0 aliphatic heterocycles. The summed E-state index contributed by atoms with van der Waals surface area (Å²) in [6, 6.07) is 4.63. The zero-order valence-electron chi connectivity index (χ0n) is 11.0. The second-order valence-corrected chi connectivity index (χ2v) is 5.36. The molecule has 1 unspecified atom stereocenters. The fraction of sp³-hybridized carbons (Fsp3) is 0.600. The van der Waals surface area contributed by atoms with Crippen LogP contribution in [0.4, 0.5) is 4.39 Å². The first-order valence-corrected chi connectivity index (χ1v) is 6.63. The van der Waals surface area contributed by atoms with Crippen LogP contribution in [0, 0.1) is 17.7 Å². The molecule has 1 fully saturated rings. The predicted molar refractivity (Wildman–Crippen MR) is 69.0 cm³/mol. The molecule has 2 rings (SSSR count). The van der Waals surface area contributed by atoms with Crippen molar-refractivity contribution in [2.24, 2.45) is 11.8 Å². The molecule has 1 saturated carbocycles. The van der Waals surface area contributed by atoms with Crippen molar-refractivity contribution in [1.29, 1.82) is 0 Å². The number of aliphatic hydroxyl groups is 1. The van der Waals surface area contributed by atoms with E-state index in [1.807, 2.05) is 0 Å². The van der Waals surface area contributed by atoms with Gasteiger partial charge in [-0.25, -0.2) is 4.39 Å². The Hall–Kier alpha value is -1.09. The van der Waals surface area contributed by atoms with Crippen molar-refractivity contribution in [1.82, 2.24) is 0 Å². The Kier molecular flexibility index (Phi) is 4.23. The van der Waals surface area contributed by atoms with Gasteiger partial charge in [-0.05, 0) is 42.4 Å². The molecule has 0 radical (unpaired) electrons. The number of rotatable bonds is 3. The minimum atomic E-state index is -0.507. The monoisotopic (exact) mass is 252 g/mol. The molecule has 0 aromatic heterocycles. The van der Waals surface area contributed by atoms with Gasteiger partial charge in [0.05, 0.1) is 13.2 Å². The lowest BCUT2D eigenvalue weighted by atomic mass is 9.78. The van der Waals surface area contributed by atoms with E-state index in [9.17, 15) is 9.50 Å². The van der Waals surface area contributed by atoms with E-state index in [-0.39, 0.29) is 17.5 Å². The quantitative estimate of drug-likeness (QED) is 0.889. The molecule has 0 spiro atoms. The van der Waals surface area contributed by atoms with Gasteiger partial charge in [0.25, 0.3) is 0 Å². The van der Waals surface area contributed by atoms with Gasteiger partial charge < -0.3 is 9.84 Å². The molecular weight excluding hydrogens is 231 g/mol. The second kappa shape index (κ2) is 5.70. The van der Waals surface area contributed by atoms with Crippen LogP contribution in [-0.4, -0.2) is 12.2 Å². The Morgan fingerprint density at radius 1 is 1.28 bits per heavy atom. The molecule has 100 valence electrons. The largest absolute Gasteiger partial charge is 0.494 e. The standard InChI is InChI=1S/C15H21FO2/c1-10-3-5-11(6-4-10)15(17)12-7-8-13(16)14(9-12)18-2/h7-11,15,17H,3-6H2,1-2H3. The number of methoxy groups -OCH3 is 1. The number of aliphatic hydroxyl groups excluding tert-OH is 1. The van der Waals surface area contributed by atoms with Crippen molar-refractivity contribution >= 4 is 0 Å². The summed E-state index contributed by atoms with van der Waals surface area (Å²) >= 11 is 0. The zero-order valence-corrected chi connectivity index (χ0v) is 11.0. The normalized spacial score (nSPS) is 25.8. The summed E-state index contributed by atoms with van der Waals surface area (Å²) in [6.45, 7) is 2.25. The van der Waals surface area contributed by atoms with Gasteiger partial charge in [0.2, 0.25) is 0 Å². The van der Waals surface area contributed by atoms with E-state index in [0.717, 1.165) is 24.3 Å². The third-order valence-corrected chi connectivity index (χ3v) is 4.02. The van der Waals surface area contributed by atoms with Gasteiger partial charge in [-0.15, -0.1) is 0 Å². The number of halogens is 1. The maximum absolute atomic E-state index is 13.3. The van der Waals surface area contributed by atoms with E-state index >= 15 is 0 Å². The molecule has 2 nitrogen and oxygen atoms in total. The summed E-state index contributed by atoms with van der Waals surface area (Å²) < 4.78 is 18.3. The lowest BCUT2D eigenvalue weighted by molar-refractivity contribution is 0.0753. The molecule has 1 N–H and O–H groups in total. The van der Waals surface area contributed by atoms with Gasteiger partial charge >= 0.3 is 0 Å².